The standard InChI is InChI=1S/C27H26N4O6/c32-18-30(24-9-4-5-13-28-24)14-6-10-25(33)29-20-11-12-23-22(15-20)31(17-21(37-23)16-26(34)35)27(36)19-7-2-1-3-8-19/h1-5,7-9,11-13,15,18,21H,6,10,14,16-17H2,(H,29,33)(H,34,35)/p-1. The van der Waals surface area contributed by atoms with Crippen LogP contribution in [-0.2, 0) is 14.4 Å². The summed E-state index contributed by atoms with van der Waals surface area (Å²) in [5, 5.41) is 14.0. The third-order valence-electron chi connectivity index (χ3n) is 5.75. The van der Waals surface area contributed by atoms with Gasteiger partial charge in [-0.15, -0.1) is 0 Å². The first-order valence-corrected chi connectivity index (χ1v) is 11.7. The van der Waals surface area contributed by atoms with Gasteiger partial charge in [-0.3, -0.25) is 19.3 Å². The van der Waals surface area contributed by atoms with Crippen LogP contribution in [0.3, 0.4) is 0 Å². The molecule has 4 rings (SSSR count). The second kappa shape index (κ2) is 11.8. The van der Waals surface area contributed by atoms with E-state index in [1.165, 1.54) is 9.80 Å². The lowest BCUT2D eigenvalue weighted by Crippen LogP contribution is -2.45. The van der Waals surface area contributed by atoms with E-state index in [1.807, 2.05) is 0 Å². The van der Waals surface area contributed by atoms with Crippen molar-refractivity contribution in [3.8, 4) is 5.75 Å². The Morgan fingerprint density at radius 3 is 2.59 bits per heavy atom. The topological polar surface area (TPSA) is 132 Å². The molecule has 3 aromatic rings. The quantitative estimate of drug-likeness (QED) is 0.420. The van der Waals surface area contributed by atoms with Gasteiger partial charge in [0, 0.05) is 42.8 Å². The van der Waals surface area contributed by atoms with E-state index in [2.05, 4.69) is 10.3 Å². The van der Waals surface area contributed by atoms with Crippen LogP contribution in [0.2, 0.25) is 0 Å². The summed E-state index contributed by atoms with van der Waals surface area (Å²) >= 11 is 0. The van der Waals surface area contributed by atoms with Gasteiger partial charge < -0.3 is 24.9 Å². The molecule has 1 unspecified atom stereocenters. The number of amides is 3. The zero-order valence-electron chi connectivity index (χ0n) is 19.9. The van der Waals surface area contributed by atoms with E-state index in [0.29, 0.717) is 47.9 Å². The molecule has 0 spiro atoms. The molecule has 10 heteroatoms. The Hall–Kier alpha value is -4.73. The van der Waals surface area contributed by atoms with Crippen LogP contribution in [0.5, 0.6) is 5.75 Å². The van der Waals surface area contributed by atoms with Crippen LogP contribution in [0.4, 0.5) is 17.2 Å². The average Bonchev–Trinajstić information content (AvgIpc) is 2.91. The zero-order chi connectivity index (χ0) is 26.2. The third kappa shape index (κ3) is 6.49. The minimum atomic E-state index is -1.28. The van der Waals surface area contributed by atoms with Crippen molar-refractivity contribution in [3.63, 3.8) is 0 Å². The third-order valence-corrected chi connectivity index (χ3v) is 5.75. The smallest absolute Gasteiger partial charge is 0.258 e. The molecule has 190 valence electrons. The van der Waals surface area contributed by atoms with Crippen LogP contribution < -0.4 is 25.0 Å². The maximum Gasteiger partial charge on any atom is 0.258 e. The van der Waals surface area contributed by atoms with Crippen LogP contribution in [0.25, 0.3) is 0 Å². The van der Waals surface area contributed by atoms with E-state index < -0.39 is 12.1 Å². The Labute approximate surface area is 213 Å². The highest BCUT2D eigenvalue weighted by Crippen LogP contribution is 2.37. The normalized spacial score (nSPS) is 14.2. The summed E-state index contributed by atoms with van der Waals surface area (Å²) in [5.74, 6) is -1.02. The lowest BCUT2D eigenvalue weighted by molar-refractivity contribution is -0.307. The van der Waals surface area contributed by atoms with Crippen molar-refractivity contribution in [2.45, 2.75) is 25.4 Å². The summed E-state index contributed by atoms with van der Waals surface area (Å²) in [6.45, 7) is 0.340. The first kappa shape index (κ1) is 25.4. The van der Waals surface area contributed by atoms with E-state index >= 15 is 0 Å². The highest BCUT2D eigenvalue weighted by molar-refractivity contribution is 6.07. The number of carbonyl (C=O) groups is 4. The van der Waals surface area contributed by atoms with Gasteiger partial charge in [0.15, 0.2) is 0 Å². The molecule has 2 heterocycles. The van der Waals surface area contributed by atoms with Gasteiger partial charge in [-0.25, -0.2) is 4.98 Å². The van der Waals surface area contributed by atoms with Crippen molar-refractivity contribution < 1.29 is 29.0 Å². The van der Waals surface area contributed by atoms with E-state index in [4.69, 9.17) is 4.74 Å². The molecule has 0 radical (unpaired) electrons. The molecular weight excluding hydrogens is 476 g/mol. The molecule has 1 N–H and O–H groups in total. The number of carboxylic acids is 1. The molecule has 37 heavy (non-hydrogen) atoms. The maximum absolute atomic E-state index is 13.3. The van der Waals surface area contributed by atoms with Gasteiger partial charge in [0.05, 0.1) is 12.2 Å². The van der Waals surface area contributed by atoms with Crippen molar-refractivity contribution in [3.05, 3.63) is 78.5 Å². The van der Waals surface area contributed by atoms with E-state index in [1.54, 1.807) is 72.9 Å². The molecule has 1 aromatic heterocycles. The van der Waals surface area contributed by atoms with E-state index in [9.17, 15) is 24.3 Å². The van der Waals surface area contributed by atoms with Crippen LogP contribution in [0.1, 0.15) is 29.6 Å². The highest BCUT2D eigenvalue weighted by atomic mass is 16.5. The number of carboxylic acid groups (broad SMARTS) is 1. The van der Waals surface area contributed by atoms with Gasteiger partial charge in [0.1, 0.15) is 17.7 Å². The summed E-state index contributed by atoms with van der Waals surface area (Å²) in [6.07, 6.45) is 1.70. The molecule has 0 saturated carbocycles. The van der Waals surface area contributed by atoms with Gasteiger partial charge >= 0.3 is 0 Å². The largest absolute Gasteiger partial charge is 0.550 e. The predicted molar refractivity (Wildman–Crippen MR) is 134 cm³/mol. The second-order valence-electron chi connectivity index (χ2n) is 8.42. The average molecular weight is 502 g/mol. The number of nitrogens with one attached hydrogen (secondary N) is 1. The number of aromatic nitrogens is 1. The van der Waals surface area contributed by atoms with Gasteiger partial charge in [0.2, 0.25) is 12.3 Å². The molecule has 0 saturated heterocycles. The number of rotatable bonds is 10. The summed E-state index contributed by atoms with van der Waals surface area (Å²) in [5.41, 5.74) is 1.31. The van der Waals surface area contributed by atoms with Crippen LogP contribution in [-0.4, -0.2) is 48.4 Å². The highest BCUT2D eigenvalue weighted by Gasteiger charge is 2.31. The molecular formula is C27H25N4O6-. The summed E-state index contributed by atoms with van der Waals surface area (Å²) in [4.78, 5) is 55.4. The number of benzene rings is 2. The van der Waals surface area contributed by atoms with Gasteiger partial charge in [-0.2, -0.15) is 0 Å². The summed E-state index contributed by atoms with van der Waals surface area (Å²) in [7, 11) is 0. The predicted octanol–water partition coefficient (Wildman–Crippen LogP) is 2.01. The maximum atomic E-state index is 13.3. The molecule has 0 fully saturated rings. The Morgan fingerprint density at radius 1 is 1.11 bits per heavy atom. The van der Waals surface area contributed by atoms with Crippen molar-refractivity contribution in [2.75, 3.05) is 28.2 Å². The van der Waals surface area contributed by atoms with Crippen molar-refractivity contribution in [1.82, 2.24) is 4.98 Å². The van der Waals surface area contributed by atoms with Crippen molar-refractivity contribution >= 4 is 41.4 Å². The lowest BCUT2D eigenvalue weighted by Gasteiger charge is -2.35. The Kier molecular flexibility index (Phi) is 8.09. The fourth-order valence-corrected chi connectivity index (χ4v) is 4.02. The van der Waals surface area contributed by atoms with Gasteiger partial charge in [-0.05, 0) is 48.9 Å². The van der Waals surface area contributed by atoms with Crippen LogP contribution >= 0.6 is 0 Å². The monoisotopic (exact) mass is 501 g/mol. The second-order valence-corrected chi connectivity index (χ2v) is 8.42. The summed E-state index contributed by atoms with van der Waals surface area (Å²) in [6, 6.07) is 18.7. The fraction of sp³-hybridized carbons (Fsp3) is 0.222. The summed E-state index contributed by atoms with van der Waals surface area (Å²) < 4.78 is 5.79. The Morgan fingerprint density at radius 2 is 1.89 bits per heavy atom. The number of hydrogen-bond donors (Lipinski definition) is 1. The van der Waals surface area contributed by atoms with Crippen molar-refractivity contribution in [1.29, 1.82) is 0 Å². The number of ether oxygens (including phenoxy) is 1. The minimum Gasteiger partial charge on any atom is -0.550 e. The number of carbonyl (C=O) groups excluding carboxylic acids is 4. The number of pyridine rings is 1. The number of nitrogens with zero attached hydrogens (tertiary/aromatic N) is 3. The SMILES string of the molecule is O=CN(CCCC(=O)Nc1ccc2c(c1)N(C(=O)c1ccccc1)CC(CC(=O)[O-])O2)c1ccccn1. The van der Waals surface area contributed by atoms with Crippen LogP contribution in [0, 0.1) is 0 Å². The molecule has 3 amide bonds. The molecule has 0 aliphatic carbocycles. The zero-order valence-corrected chi connectivity index (χ0v) is 19.9. The molecule has 10 nitrogen and oxygen atoms in total. The first-order valence-electron chi connectivity index (χ1n) is 11.7. The lowest BCUT2D eigenvalue weighted by atomic mass is 10.1. The van der Waals surface area contributed by atoms with Gasteiger partial charge in [0.25, 0.3) is 5.91 Å². The van der Waals surface area contributed by atoms with Crippen LogP contribution in [0.15, 0.2) is 72.9 Å². The number of fused-ring (bicyclic) bond motifs is 1. The number of aliphatic carboxylic acids is 1. The first-order chi connectivity index (χ1) is 17.9. The van der Waals surface area contributed by atoms with Crippen molar-refractivity contribution in [2.24, 2.45) is 0 Å². The minimum absolute atomic E-state index is 0.0150. The Bertz CT molecular complexity index is 1270. The molecule has 1 atom stereocenters. The number of anilines is 3. The molecule has 1 aliphatic heterocycles. The van der Waals surface area contributed by atoms with E-state index in [-0.39, 0.29) is 31.2 Å². The van der Waals surface area contributed by atoms with E-state index in [0.717, 1.165) is 0 Å². The molecule has 1 aliphatic rings. The van der Waals surface area contributed by atoms with Gasteiger partial charge in [-0.1, -0.05) is 24.3 Å². The molecule has 0 bridgehead atoms. The fourth-order valence-electron chi connectivity index (χ4n) is 4.02. The molecule has 2 aromatic carbocycles. The number of hydrogen-bond acceptors (Lipinski definition) is 7. The Balaban J connectivity index is 1.45.